The van der Waals surface area contributed by atoms with Gasteiger partial charge in [-0.2, -0.15) is 23.5 Å². The number of rotatable bonds is 5. The molecule has 0 bridgehead atoms. The Kier molecular flexibility index (Phi) is 13.3. The van der Waals surface area contributed by atoms with Crippen LogP contribution in [0.15, 0.2) is 146 Å². The molecule has 0 saturated carbocycles. The predicted molar refractivity (Wildman–Crippen MR) is 249 cm³/mol. The van der Waals surface area contributed by atoms with Crippen LogP contribution in [0.25, 0.3) is 0 Å². The van der Waals surface area contributed by atoms with Crippen molar-refractivity contribution >= 4 is 56.9 Å². The third-order valence-corrected chi connectivity index (χ3v) is 11.0. The molecular formula is C50H53N9Ru. The molecule has 4 aliphatic rings. The van der Waals surface area contributed by atoms with Crippen molar-refractivity contribution in [3.05, 3.63) is 175 Å². The molecule has 1 N–H and O–H groups in total. The number of nitriles is 1. The fraction of sp³-hybridized carbons (Fsp3) is 0.200. The molecule has 0 aliphatic carbocycles. The molecule has 60 heavy (non-hydrogen) atoms. The smallest absolute Gasteiger partial charge is 0.366 e. The van der Waals surface area contributed by atoms with E-state index in [0.717, 1.165) is 55.1 Å². The maximum absolute atomic E-state index is 9.21. The Morgan fingerprint density at radius 2 is 1.18 bits per heavy atom. The van der Waals surface area contributed by atoms with Crippen LogP contribution in [0.2, 0.25) is 0 Å². The number of aryl methyl sites for hydroxylation is 2. The number of hydrogen-bond acceptors (Lipinski definition) is 9. The van der Waals surface area contributed by atoms with Crippen LogP contribution < -0.4 is 39.6 Å². The first-order valence-corrected chi connectivity index (χ1v) is 19.6. The first-order valence-electron chi connectivity index (χ1n) is 19.6. The number of fused-ring (bicyclic) bond motifs is 4. The van der Waals surface area contributed by atoms with Gasteiger partial charge < -0.3 is 39.6 Å². The summed E-state index contributed by atoms with van der Waals surface area (Å²) in [6.45, 7) is 16.2. The summed E-state index contributed by atoms with van der Waals surface area (Å²) < 4.78 is 0. The van der Waals surface area contributed by atoms with Gasteiger partial charge >= 0.3 is 19.5 Å². The summed E-state index contributed by atoms with van der Waals surface area (Å²) in [6, 6.07) is 51.2. The summed E-state index contributed by atoms with van der Waals surface area (Å²) in [6.07, 6.45) is 0. The van der Waals surface area contributed by atoms with Gasteiger partial charge in [-0.1, -0.05) is 85.4 Å². The van der Waals surface area contributed by atoms with Crippen molar-refractivity contribution in [2.75, 3.05) is 87.1 Å². The van der Waals surface area contributed by atoms with Gasteiger partial charge in [0.2, 0.25) is 0 Å². The van der Waals surface area contributed by atoms with Crippen molar-refractivity contribution in [3.63, 3.8) is 0 Å². The Hall–Kier alpha value is -6.56. The summed E-state index contributed by atoms with van der Waals surface area (Å²) in [5.74, 6) is 0. The number of nitrogens with zero attached hydrogens (tertiary/aromatic N) is 8. The molecule has 0 aromatic heterocycles. The van der Waals surface area contributed by atoms with Crippen molar-refractivity contribution in [1.29, 1.82) is 5.26 Å². The largest absolute Gasteiger partial charge is 2.00 e. The quantitative estimate of drug-likeness (QED) is 0.135. The molecule has 4 aliphatic heterocycles. The number of hydrogen-bond donors (Lipinski definition) is 1. The zero-order valence-electron chi connectivity index (χ0n) is 34.1. The van der Waals surface area contributed by atoms with E-state index < -0.39 is 0 Å². The van der Waals surface area contributed by atoms with Crippen LogP contribution in [0.3, 0.4) is 0 Å². The average molecular weight is 881 g/mol. The summed E-state index contributed by atoms with van der Waals surface area (Å²) in [5, 5.41) is 12.5. The van der Waals surface area contributed by atoms with Crippen LogP contribution in [0.1, 0.15) is 24.1 Å². The maximum atomic E-state index is 9.21. The van der Waals surface area contributed by atoms with E-state index in [1.807, 2.05) is 30.3 Å². The zero-order chi connectivity index (χ0) is 40.3. The fourth-order valence-corrected chi connectivity index (χ4v) is 8.29. The fourth-order valence-electron chi connectivity index (χ4n) is 8.29. The van der Waals surface area contributed by atoms with E-state index in [9.17, 15) is 5.26 Å². The number of para-hydroxylation sites is 9. The first kappa shape index (κ1) is 43.0. The first-order chi connectivity index (χ1) is 28.2. The van der Waals surface area contributed by atoms with Gasteiger partial charge in [-0.3, -0.25) is 0 Å². The normalized spacial score (nSPS) is 13.9. The average Bonchev–Trinajstić information content (AvgIpc) is 4.01. The minimum Gasteiger partial charge on any atom is -0.366 e. The van der Waals surface area contributed by atoms with E-state index in [-0.39, 0.29) is 26.9 Å². The Balaban J connectivity index is 0.000000157. The monoisotopic (exact) mass is 881 g/mol. The van der Waals surface area contributed by atoms with Crippen LogP contribution in [-0.2, 0) is 19.5 Å². The summed E-state index contributed by atoms with van der Waals surface area (Å²) in [5.41, 5.74) is 16.1. The summed E-state index contributed by atoms with van der Waals surface area (Å²) >= 11 is 0. The van der Waals surface area contributed by atoms with E-state index in [4.69, 9.17) is 0 Å². The Morgan fingerprint density at radius 1 is 0.683 bits per heavy atom. The molecule has 10 heteroatoms. The number of nitrogens with one attached hydrogen (secondary N) is 1. The molecule has 0 radical (unpaired) electrons. The van der Waals surface area contributed by atoms with Crippen molar-refractivity contribution < 1.29 is 19.5 Å². The summed E-state index contributed by atoms with van der Waals surface area (Å²) in [4.78, 5) is 16.1. The second-order valence-electron chi connectivity index (χ2n) is 15.0. The van der Waals surface area contributed by atoms with Gasteiger partial charge in [0.15, 0.2) is 0 Å². The molecule has 0 unspecified atom stereocenters. The van der Waals surface area contributed by atoms with Gasteiger partial charge in [0.1, 0.15) is 0 Å². The van der Waals surface area contributed by atoms with E-state index in [0.29, 0.717) is 12.2 Å². The molecule has 0 amide bonds. The van der Waals surface area contributed by atoms with Crippen LogP contribution >= 0.6 is 0 Å². The second kappa shape index (κ2) is 18.6. The van der Waals surface area contributed by atoms with Crippen molar-refractivity contribution in [2.24, 2.45) is 0 Å². The Labute approximate surface area is 369 Å². The number of benzene rings is 6. The number of anilines is 10. The van der Waals surface area contributed by atoms with Crippen molar-refractivity contribution in [2.45, 2.75) is 21.3 Å². The minimum absolute atomic E-state index is 0. The SMILES string of the molecule is C.C=C([CH2-])N1CNc2ccccc21.CN1CN(CN2CN(C)c3ccccc32)c2ccccc21.Cc1cccc(C)c1N1CN(c2[c-]ccc(C#N)c2)c2ccccc21.[Ru+2]. The third-order valence-electron chi connectivity index (χ3n) is 11.0. The van der Waals surface area contributed by atoms with E-state index >= 15 is 0 Å². The van der Waals surface area contributed by atoms with Crippen LogP contribution in [0.5, 0.6) is 0 Å². The third kappa shape index (κ3) is 8.45. The van der Waals surface area contributed by atoms with E-state index in [2.05, 4.69) is 190 Å². The van der Waals surface area contributed by atoms with Crippen LogP contribution in [0, 0.1) is 38.2 Å². The molecule has 9 nitrogen and oxygen atoms in total. The molecule has 4 heterocycles. The standard InChI is InChI=1S/C22H18N3.C17H20N4.C10H11N2.CH4.Ru/c1-16-7-5-8-17(2)22(16)25-15-24(20-11-3-4-12-21(20)25)19-10-6-9-18(13-19)14-23;1-18-11-20(16-9-5-3-7-14(16)18)13-21-12-19(2)15-8-4-6-10-17(15)21;1-8(2)12-7-11-9-5-3-4-6-10(9)12;;/h3-9,11-13H,15H2,1-2H3;3-10H,11-13H2,1-2H3;3-6,11H,1-2,7H2;1H4;/q-1;;-1;;+2. The minimum atomic E-state index is 0. The predicted octanol–water partition coefficient (Wildman–Crippen LogP) is 10.9. The number of allylic oxidation sites excluding steroid dienone is 1. The zero-order valence-corrected chi connectivity index (χ0v) is 35.8. The van der Waals surface area contributed by atoms with Gasteiger partial charge in [-0.25, -0.2) is 13.5 Å². The van der Waals surface area contributed by atoms with Gasteiger partial charge in [0.25, 0.3) is 0 Å². The van der Waals surface area contributed by atoms with Gasteiger partial charge in [0.05, 0.1) is 84.9 Å². The van der Waals surface area contributed by atoms with Gasteiger partial charge in [-0.05, 0) is 73.5 Å². The molecule has 6 aromatic carbocycles. The molecule has 0 spiro atoms. The Morgan fingerprint density at radius 3 is 1.73 bits per heavy atom. The van der Waals surface area contributed by atoms with Crippen molar-refractivity contribution in [1.82, 2.24) is 0 Å². The van der Waals surface area contributed by atoms with Gasteiger partial charge in [0, 0.05) is 19.8 Å². The van der Waals surface area contributed by atoms with E-state index in [1.165, 1.54) is 45.3 Å². The van der Waals surface area contributed by atoms with E-state index in [1.54, 1.807) is 6.07 Å². The second-order valence-corrected chi connectivity index (χ2v) is 15.0. The molecule has 6 aromatic rings. The maximum Gasteiger partial charge on any atom is 2.00 e. The molecule has 0 fully saturated rings. The van der Waals surface area contributed by atoms with Crippen molar-refractivity contribution in [3.8, 4) is 6.07 Å². The molecule has 10 rings (SSSR count). The molecule has 0 atom stereocenters. The van der Waals surface area contributed by atoms with Crippen LogP contribution in [0.4, 0.5) is 56.9 Å². The molecule has 306 valence electrons. The molecule has 0 saturated heterocycles. The van der Waals surface area contributed by atoms with Gasteiger partial charge in [-0.15, -0.1) is 11.8 Å². The topological polar surface area (TPSA) is 58.5 Å². The summed E-state index contributed by atoms with van der Waals surface area (Å²) in [7, 11) is 4.31. The molecular weight excluding hydrogens is 828 g/mol. The van der Waals surface area contributed by atoms with Crippen LogP contribution in [-0.4, -0.2) is 47.4 Å². The Bertz CT molecular complexity index is 2420.